The number of hydrogen-bond donors (Lipinski definition) is 0. The molecule has 5 rings (SSSR count). The number of benzene rings is 2. The molecule has 0 amide bonds. The second-order valence-corrected chi connectivity index (χ2v) is 7.85. The lowest BCUT2D eigenvalue weighted by molar-refractivity contribution is 0.305. The van der Waals surface area contributed by atoms with Crippen molar-refractivity contribution in [3.63, 3.8) is 0 Å². The fraction of sp³-hybridized carbons (Fsp3) is 0.120. The van der Waals surface area contributed by atoms with Gasteiger partial charge in [0.1, 0.15) is 23.8 Å². The van der Waals surface area contributed by atoms with Crippen LogP contribution in [0.4, 0.5) is 4.39 Å². The highest BCUT2D eigenvalue weighted by molar-refractivity contribution is 6.30. The zero-order chi connectivity index (χ0) is 21.5. The van der Waals surface area contributed by atoms with Crippen molar-refractivity contribution < 1.29 is 9.13 Å². The van der Waals surface area contributed by atoms with Gasteiger partial charge in [0.05, 0.1) is 11.8 Å². The molecule has 6 heteroatoms. The van der Waals surface area contributed by atoms with Crippen LogP contribution in [0.25, 0.3) is 11.2 Å². The van der Waals surface area contributed by atoms with Crippen molar-refractivity contribution in [2.75, 3.05) is 0 Å². The molecule has 2 aromatic carbocycles. The average Bonchev–Trinajstić information content (AvgIpc) is 2.99. The molecule has 4 nitrogen and oxygen atoms in total. The minimum atomic E-state index is -0.374. The van der Waals surface area contributed by atoms with E-state index in [0.29, 0.717) is 22.9 Å². The molecule has 0 aliphatic carbocycles. The topological polar surface area (TPSA) is 50.3 Å². The summed E-state index contributed by atoms with van der Waals surface area (Å²) in [5, 5.41) is 10.1. The highest BCUT2D eigenvalue weighted by Crippen LogP contribution is 2.39. The molecule has 0 spiro atoms. The molecule has 0 atom stereocenters. The largest absolute Gasteiger partial charge is 0.488 e. The van der Waals surface area contributed by atoms with Crippen LogP contribution in [-0.4, -0.2) is 9.38 Å². The van der Waals surface area contributed by atoms with E-state index < -0.39 is 0 Å². The van der Waals surface area contributed by atoms with E-state index in [9.17, 15) is 9.65 Å². The number of aromatic nitrogens is 2. The van der Waals surface area contributed by atoms with Crippen molar-refractivity contribution >= 4 is 22.8 Å². The second kappa shape index (κ2) is 7.57. The zero-order valence-electron chi connectivity index (χ0n) is 16.7. The van der Waals surface area contributed by atoms with E-state index in [1.54, 1.807) is 13.0 Å². The van der Waals surface area contributed by atoms with Crippen LogP contribution in [0, 0.1) is 17.1 Å². The average molecular weight is 430 g/mol. The molecule has 31 heavy (non-hydrogen) atoms. The molecule has 152 valence electrons. The normalized spacial score (nSPS) is 14.3. The first-order valence-corrected chi connectivity index (χ1v) is 10.2. The zero-order valence-corrected chi connectivity index (χ0v) is 17.4. The van der Waals surface area contributed by atoms with Crippen molar-refractivity contribution in [2.24, 2.45) is 0 Å². The summed E-state index contributed by atoms with van der Waals surface area (Å²) in [5.74, 6) is 0.0637. The highest BCUT2D eigenvalue weighted by Gasteiger charge is 2.22. The molecule has 4 aromatic rings. The van der Waals surface area contributed by atoms with Crippen LogP contribution in [0.3, 0.4) is 0 Å². The van der Waals surface area contributed by atoms with Crippen LogP contribution < -0.4 is 4.74 Å². The number of fused-ring (bicyclic) bond motifs is 3. The van der Waals surface area contributed by atoms with Gasteiger partial charge in [-0.25, -0.2) is 9.37 Å². The van der Waals surface area contributed by atoms with E-state index in [4.69, 9.17) is 16.3 Å². The van der Waals surface area contributed by atoms with Gasteiger partial charge in [-0.2, -0.15) is 5.26 Å². The fourth-order valence-electron chi connectivity index (χ4n) is 4.07. The number of ether oxygens (including phenoxy) is 1. The number of pyridine rings is 1. The summed E-state index contributed by atoms with van der Waals surface area (Å²) < 4.78 is 21.7. The van der Waals surface area contributed by atoms with E-state index in [1.165, 1.54) is 12.1 Å². The Labute approximate surface area is 183 Å². The van der Waals surface area contributed by atoms with Crippen molar-refractivity contribution in [2.45, 2.75) is 20.0 Å². The standard InChI is InChI=1S/C25H17ClFN3O/c1-15(13-28)24-19-7-5-16(11-21-25(26)29-23-4-2-3-9-30(21)23)10-17(19)14-31-22-12-18(27)6-8-20(22)24/h2-10,12H,11,14H2,1H3. The summed E-state index contributed by atoms with van der Waals surface area (Å²) in [6, 6.07) is 18.5. The van der Waals surface area contributed by atoms with E-state index >= 15 is 0 Å². The van der Waals surface area contributed by atoms with Crippen molar-refractivity contribution in [1.29, 1.82) is 5.26 Å². The Kier molecular flexibility index (Phi) is 4.72. The Morgan fingerprint density at radius 2 is 2.03 bits per heavy atom. The van der Waals surface area contributed by atoms with Gasteiger partial charge in [0.2, 0.25) is 0 Å². The first-order valence-electron chi connectivity index (χ1n) is 9.82. The van der Waals surface area contributed by atoms with Gasteiger partial charge in [0.15, 0.2) is 5.15 Å². The Morgan fingerprint density at radius 3 is 2.87 bits per heavy atom. The quantitative estimate of drug-likeness (QED) is 0.370. The van der Waals surface area contributed by atoms with Crippen molar-refractivity contribution in [1.82, 2.24) is 9.38 Å². The maximum Gasteiger partial charge on any atom is 0.151 e. The van der Waals surface area contributed by atoms with E-state index in [2.05, 4.69) is 17.1 Å². The third kappa shape index (κ3) is 3.35. The lowest BCUT2D eigenvalue weighted by atomic mass is 9.89. The molecule has 0 unspecified atom stereocenters. The van der Waals surface area contributed by atoms with Crippen LogP contribution in [-0.2, 0) is 13.0 Å². The van der Waals surface area contributed by atoms with Gasteiger partial charge in [-0.15, -0.1) is 0 Å². The lowest BCUT2D eigenvalue weighted by Gasteiger charge is -2.13. The molecule has 3 heterocycles. The Morgan fingerprint density at radius 1 is 1.19 bits per heavy atom. The first-order chi connectivity index (χ1) is 15.0. The van der Waals surface area contributed by atoms with Gasteiger partial charge < -0.3 is 9.14 Å². The summed E-state index contributed by atoms with van der Waals surface area (Å²) >= 11 is 6.41. The second-order valence-electron chi connectivity index (χ2n) is 7.49. The summed E-state index contributed by atoms with van der Waals surface area (Å²) in [6.45, 7) is 2.05. The third-order valence-electron chi connectivity index (χ3n) is 5.53. The van der Waals surface area contributed by atoms with Gasteiger partial charge in [-0.3, -0.25) is 0 Å². The fourth-order valence-corrected chi connectivity index (χ4v) is 4.32. The molecule has 2 aromatic heterocycles. The number of nitrogens with zero attached hydrogens (tertiary/aromatic N) is 3. The molecule has 1 aliphatic heterocycles. The molecule has 0 fully saturated rings. The smallest absolute Gasteiger partial charge is 0.151 e. The van der Waals surface area contributed by atoms with E-state index in [0.717, 1.165) is 39.2 Å². The Hall–Kier alpha value is -3.62. The number of imidazole rings is 1. The predicted octanol–water partition coefficient (Wildman–Crippen LogP) is 5.96. The number of allylic oxidation sites excluding steroid dienone is 1. The molecule has 1 aliphatic rings. The summed E-state index contributed by atoms with van der Waals surface area (Å²) in [5.41, 5.74) is 6.63. The molecule has 0 saturated carbocycles. The Balaban J connectivity index is 1.61. The molecular formula is C25H17ClFN3O. The van der Waals surface area contributed by atoms with Crippen LogP contribution in [0.2, 0.25) is 5.15 Å². The number of halogens is 2. The van der Waals surface area contributed by atoms with Crippen LogP contribution >= 0.6 is 11.6 Å². The molecule has 0 saturated heterocycles. The third-order valence-corrected chi connectivity index (χ3v) is 5.83. The van der Waals surface area contributed by atoms with Crippen molar-refractivity contribution in [3.8, 4) is 11.8 Å². The maximum atomic E-state index is 13.8. The first kappa shape index (κ1) is 19.3. The predicted molar refractivity (Wildman–Crippen MR) is 117 cm³/mol. The molecule has 0 N–H and O–H groups in total. The van der Waals surface area contributed by atoms with E-state index in [1.807, 2.05) is 40.9 Å². The highest BCUT2D eigenvalue weighted by atomic mass is 35.5. The Bertz CT molecular complexity index is 1410. The number of rotatable bonds is 2. The van der Waals surface area contributed by atoms with Gasteiger partial charge >= 0.3 is 0 Å². The lowest BCUT2D eigenvalue weighted by Crippen LogP contribution is -2.00. The number of hydrogen-bond acceptors (Lipinski definition) is 3. The SMILES string of the molecule is CC(C#N)=C1c2ccc(Cc3c(Cl)nc4ccccn34)cc2COc2cc(F)ccc21. The van der Waals surface area contributed by atoms with Gasteiger partial charge in [-0.05, 0) is 47.9 Å². The molecule has 0 radical (unpaired) electrons. The molecule has 0 bridgehead atoms. The van der Waals surface area contributed by atoms with E-state index in [-0.39, 0.29) is 12.4 Å². The monoisotopic (exact) mass is 429 g/mol. The van der Waals surface area contributed by atoms with Crippen LogP contribution in [0.15, 0.2) is 66.4 Å². The van der Waals surface area contributed by atoms with Crippen LogP contribution in [0.5, 0.6) is 5.75 Å². The number of nitriles is 1. The summed E-state index contributed by atoms with van der Waals surface area (Å²) in [7, 11) is 0. The van der Waals surface area contributed by atoms with Gasteiger partial charge in [0, 0.05) is 35.4 Å². The molecular weight excluding hydrogens is 413 g/mol. The summed E-state index contributed by atoms with van der Waals surface area (Å²) in [6.07, 6.45) is 2.54. The van der Waals surface area contributed by atoms with Crippen LogP contribution in [0.1, 0.15) is 34.9 Å². The van der Waals surface area contributed by atoms with Gasteiger partial charge in [0.25, 0.3) is 0 Å². The summed E-state index contributed by atoms with van der Waals surface area (Å²) in [4.78, 5) is 4.42. The minimum Gasteiger partial charge on any atom is -0.488 e. The maximum absolute atomic E-state index is 13.8. The van der Waals surface area contributed by atoms with Crippen molar-refractivity contribution in [3.05, 3.63) is 105 Å². The minimum absolute atomic E-state index is 0.280. The van der Waals surface area contributed by atoms with Gasteiger partial charge in [-0.1, -0.05) is 35.9 Å².